The van der Waals surface area contributed by atoms with Crippen molar-refractivity contribution in [2.75, 3.05) is 40.8 Å². The van der Waals surface area contributed by atoms with Gasteiger partial charge in [-0.15, -0.1) is 0 Å². The van der Waals surface area contributed by atoms with Crippen molar-refractivity contribution in [3.05, 3.63) is 0 Å². The molecule has 20 heavy (non-hydrogen) atoms. The summed E-state index contributed by atoms with van der Waals surface area (Å²) in [7, 11) is 5.87. The lowest BCUT2D eigenvalue weighted by atomic mass is 9.96. The number of carbonyl (C=O) groups excluding carboxylic acids is 1. The van der Waals surface area contributed by atoms with Crippen LogP contribution in [0.2, 0.25) is 0 Å². The Morgan fingerprint density at radius 2 is 1.70 bits per heavy atom. The standard InChI is InChI=1S/C15H30N4O/c1-12-11-14(5-8-18(12)4)16-13-6-9-19(10-7-13)15(20)17(2)3/h12-14,16H,5-11H2,1-4H3. The van der Waals surface area contributed by atoms with Gasteiger partial charge in [-0.05, 0) is 46.2 Å². The largest absolute Gasteiger partial charge is 0.331 e. The van der Waals surface area contributed by atoms with E-state index in [0.29, 0.717) is 18.1 Å². The van der Waals surface area contributed by atoms with E-state index in [1.165, 1.54) is 19.4 Å². The van der Waals surface area contributed by atoms with Crippen molar-refractivity contribution >= 4 is 6.03 Å². The lowest BCUT2D eigenvalue weighted by molar-refractivity contribution is 0.135. The summed E-state index contributed by atoms with van der Waals surface area (Å²) in [5.74, 6) is 0. The molecule has 2 atom stereocenters. The molecule has 0 aromatic carbocycles. The molecule has 2 fully saturated rings. The SMILES string of the molecule is CC1CC(NC2CCN(C(=O)N(C)C)CC2)CCN1C. The van der Waals surface area contributed by atoms with Crippen molar-refractivity contribution in [3.8, 4) is 0 Å². The van der Waals surface area contributed by atoms with Crippen LogP contribution in [0.15, 0.2) is 0 Å². The second-order valence-corrected chi connectivity index (χ2v) is 6.66. The third kappa shape index (κ3) is 3.85. The molecule has 0 aliphatic carbocycles. The first-order valence-corrected chi connectivity index (χ1v) is 7.90. The summed E-state index contributed by atoms with van der Waals surface area (Å²) in [4.78, 5) is 18.0. The van der Waals surface area contributed by atoms with Crippen LogP contribution in [0.4, 0.5) is 4.79 Å². The van der Waals surface area contributed by atoms with Gasteiger partial charge in [0, 0.05) is 45.3 Å². The molecule has 0 spiro atoms. The normalized spacial score (nSPS) is 29.5. The van der Waals surface area contributed by atoms with Gasteiger partial charge in [0.1, 0.15) is 0 Å². The third-order valence-electron chi connectivity index (χ3n) is 4.83. The van der Waals surface area contributed by atoms with Crippen LogP contribution in [0.3, 0.4) is 0 Å². The van der Waals surface area contributed by atoms with Gasteiger partial charge in [-0.2, -0.15) is 0 Å². The number of rotatable bonds is 2. The maximum atomic E-state index is 11.9. The van der Waals surface area contributed by atoms with E-state index in [1.807, 2.05) is 19.0 Å². The van der Waals surface area contributed by atoms with Gasteiger partial charge in [0.15, 0.2) is 0 Å². The first-order chi connectivity index (χ1) is 9.47. The Kier molecular flexibility index (Phi) is 5.27. The highest BCUT2D eigenvalue weighted by atomic mass is 16.2. The van der Waals surface area contributed by atoms with Crippen molar-refractivity contribution in [1.82, 2.24) is 20.0 Å². The molecule has 5 nitrogen and oxygen atoms in total. The Balaban J connectivity index is 1.73. The van der Waals surface area contributed by atoms with Crippen LogP contribution in [0.1, 0.15) is 32.6 Å². The molecule has 0 aromatic rings. The van der Waals surface area contributed by atoms with Crippen molar-refractivity contribution in [3.63, 3.8) is 0 Å². The quantitative estimate of drug-likeness (QED) is 0.827. The summed E-state index contributed by atoms with van der Waals surface area (Å²) >= 11 is 0. The highest BCUT2D eigenvalue weighted by molar-refractivity contribution is 5.73. The summed E-state index contributed by atoms with van der Waals surface area (Å²) in [6, 6.07) is 2.07. The van der Waals surface area contributed by atoms with Crippen LogP contribution in [-0.4, -0.2) is 79.6 Å². The van der Waals surface area contributed by atoms with E-state index in [2.05, 4.69) is 24.2 Å². The molecule has 2 saturated heterocycles. The molecule has 2 aliphatic rings. The Hall–Kier alpha value is -0.810. The van der Waals surface area contributed by atoms with Gasteiger partial charge in [-0.3, -0.25) is 0 Å². The number of carbonyl (C=O) groups is 1. The Morgan fingerprint density at radius 3 is 2.25 bits per heavy atom. The van der Waals surface area contributed by atoms with Gasteiger partial charge >= 0.3 is 6.03 Å². The van der Waals surface area contributed by atoms with Crippen LogP contribution in [-0.2, 0) is 0 Å². The zero-order chi connectivity index (χ0) is 14.7. The molecule has 2 aliphatic heterocycles. The van der Waals surface area contributed by atoms with Gasteiger partial charge in [-0.25, -0.2) is 4.79 Å². The zero-order valence-electron chi connectivity index (χ0n) is 13.4. The Bertz CT molecular complexity index is 326. The number of urea groups is 1. The Labute approximate surface area is 123 Å². The number of likely N-dealkylation sites (tertiary alicyclic amines) is 2. The van der Waals surface area contributed by atoms with Gasteiger partial charge in [0.25, 0.3) is 0 Å². The number of nitrogens with zero attached hydrogens (tertiary/aromatic N) is 3. The van der Waals surface area contributed by atoms with E-state index in [1.54, 1.807) is 4.90 Å². The highest BCUT2D eigenvalue weighted by Gasteiger charge is 2.28. The lowest BCUT2D eigenvalue weighted by Gasteiger charge is -2.39. The summed E-state index contributed by atoms with van der Waals surface area (Å²) in [6.45, 7) is 5.27. The highest BCUT2D eigenvalue weighted by Crippen LogP contribution is 2.18. The molecular formula is C15H30N4O. The van der Waals surface area contributed by atoms with Crippen molar-refractivity contribution in [2.45, 2.75) is 50.7 Å². The van der Waals surface area contributed by atoms with Crippen LogP contribution in [0, 0.1) is 0 Å². The van der Waals surface area contributed by atoms with Crippen molar-refractivity contribution < 1.29 is 4.79 Å². The van der Waals surface area contributed by atoms with Gasteiger partial charge in [0.05, 0.1) is 0 Å². The summed E-state index contributed by atoms with van der Waals surface area (Å²) < 4.78 is 0. The molecule has 2 unspecified atom stereocenters. The number of piperidine rings is 2. The number of hydrogen-bond donors (Lipinski definition) is 1. The molecule has 2 rings (SSSR count). The average Bonchev–Trinajstić information content (AvgIpc) is 2.43. The monoisotopic (exact) mass is 282 g/mol. The van der Waals surface area contributed by atoms with Crippen LogP contribution < -0.4 is 5.32 Å². The zero-order valence-corrected chi connectivity index (χ0v) is 13.4. The number of amides is 2. The minimum atomic E-state index is 0.149. The predicted molar refractivity (Wildman–Crippen MR) is 81.9 cm³/mol. The second-order valence-electron chi connectivity index (χ2n) is 6.66. The minimum Gasteiger partial charge on any atom is -0.331 e. The summed E-state index contributed by atoms with van der Waals surface area (Å²) in [5.41, 5.74) is 0. The molecule has 5 heteroatoms. The van der Waals surface area contributed by atoms with Crippen LogP contribution in [0.5, 0.6) is 0 Å². The van der Waals surface area contributed by atoms with Crippen LogP contribution >= 0.6 is 0 Å². The molecule has 2 amide bonds. The number of nitrogens with one attached hydrogen (secondary N) is 1. The van der Waals surface area contributed by atoms with E-state index >= 15 is 0 Å². The van der Waals surface area contributed by atoms with Crippen molar-refractivity contribution in [1.29, 1.82) is 0 Å². The first kappa shape index (κ1) is 15.6. The molecule has 0 saturated carbocycles. The van der Waals surface area contributed by atoms with Gasteiger partial charge in [-0.1, -0.05) is 0 Å². The topological polar surface area (TPSA) is 38.8 Å². The fourth-order valence-electron chi connectivity index (χ4n) is 3.29. The smallest absolute Gasteiger partial charge is 0.319 e. The molecule has 0 bridgehead atoms. The predicted octanol–water partition coefficient (Wildman–Crippen LogP) is 1.20. The molecular weight excluding hydrogens is 252 g/mol. The Morgan fingerprint density at radius 1 is 1.10 bits per heavy atom. The minimum absolute atomic E-state index is 0.149. The van der Waals surface area contributed by atoms with Crippen molar-refractivity contribution in [2.24, 2.45) is 0 Å². The molecule has 2 heterocycles. The summed E-state index contributed by atoms with van der Waals surface area (Å²) in [5, 5.41) is 3.82. The van der Waals surface area contributed by atoms with E-state index in [-0.39, 0.29) is 6.03 Å². The maximum absolute atomic E-state index is 11.9. The molecule has 0 aromatic heterocycles. The average molecular weight is 282 g/mol. The number of hydrogen-bond acceptors (Lipinski definition) is 3. The second kappa shape index (κ2) is 6.76. The van der Waals surface area contributed by atoms with Crippen LogP contribution in [0.25, 0.3) is 0 Å². The van der Waals surface area contributed by atoms with Gasteiger partial charge in [0.2, 0.25) is 0 Å². The van der Waals surface area contributed by atoms with E-state index in [4.69, 9.17) is 0 Å². The van der Waals surface area contributed by atoms with Gasteiger partial charge < -0.3 is 20.0 Å². The first-order valence-electron chi connectivity index (χ1n) is 7.90. The molecule has 0 radical (unpaired) electrons. The summed E-state index contributed by atoms with van der Waals surface area (Å²) in [6.07, 6.45) is 4.66. The molecule has 116 valence electrons. The molecule has 1 N–H and O–H groups in total. The lowest BCUT2D eigenvalue weighted by Crippen LogP contribution is -2.52. The third-order valence-corrected chi connectivity index (χ3v) is 4.83. The van der Waals surface area contributed by atoms with E-state index in [9.17, 15) is 4.79 Å². The fourth-order valence-corrected chi connectivity index (χ4v) is 3.29. The van der Waals surface area contributed by atoms with E-state index < -0.39 is 0 Å². The fraction of sp³-hybridized carbons (Fsp3) is 0.933. The maximum Gasteiger partial charge on any atom is 0.319 e. The van der Waals surface area contributed by atoms with E-state index in [0.717, 1.165) is 25.9 Å².